The number of carbonyl (C=O) groups is 4. The minimum Gasteiger partial charge on any atom is -0.445 e. The highest BCUT2D eigenvalue weighted by Crippen LogP contribution is 2.31. The van der Waals surface area contributed by atoms with Gasteiger partial charge in [-0.25, -0.2) is 23.4 Å². The Balaban J connectivity index is 1.11. The number of fused-ring (bicyclic) bond motifs is 1. The smallest absolute Gasteiger partial charge is 0.414 e. The lowest BCUT2D eigenvalue weighted by molar-refractivity contribution is -0.130. The number of cyclic esters (lactones) is 1. The Hall–Kier alpha value is -4.15. The molecule has 5 rings (SSSR count). The average Bonchev–Trinajstić information content (AvgIpc) is 3.60. The van der Waals surface area contributed by atoms with Gasteiger partial charge in [-0.3, -0.25) is 19.5 Å². The number of alkyl carbamates (subject to hydrolysis) is 1. The van der Waals surface area contributed by atoms with E-state index in [1.807, 2.05) is 0 Å². The zero-order valence-corrected chi connectivity index (χ0v) is 25.5. The summed E-state index contributed by atoms with van der Waals surface area (Å²) < 4.78 is 40.1. The molecule has 3 aromatic rings. The van der Waals surface area contributed by atoms with Gasteiger partial charge in [-0.1, -0.05) is 34.8 Å². The largest absolute Gasteiger partial charge is 0.445 e. The summed E-state index contributed by atoms with van der Waals surface area (Å²) in [7, 11) is 0. The first-order valence-electron chi connectivity index (χ1n) is 13.4. The van der Waals surface area contributed by atoms with Crippen molar-refractivity contribution in [2.45, 2.75) is 9.90 Å². The average molecular weight is 690 g/mol. The highest BCUT2D eigenvalue weighted by molar-refractivity contribution is 6.67. The Kier molecular flexibility index (Phi) is 9.65. The molecule has 4 amide bonds. The number of carbonyl (C=O) groups excluding carboxylic acids is 4. The van der Waals surface area contributed by atoms with Crippen molar-refractivity contribution in [3.63, 3.8) is 0 Å². The van der Waals surface area contributed by atoms with Crippen molar-refractivity contribution in [1.29, 1.82) is 0 Å². The Bertz CT molecular complexity index is 1560. The monoisotopic (exact) mass is 688 g/mol. The van der Waals surface area contributed by atoms with E-state index in [0.717, 1.165) is 17.0 Å². The number of nitrogens with zero attached hydrogens (tertiary/aromatic N) is 6. The lowest BCUT2D eigenvalue weighted by Gasteiger charge is -2.36. The number of anilines is 2. The molecular formula is C26H25Cl3F2N8O6. The molecule has 0 radical (unpaired) electrons. The van der Waals surface area contributed by atoms with E-state index in [-0.39, 0.29) is 68.8 Å². The summed E-state index contributed by atoms with van der Waals surface area (Å²) in [6.07, 6.45) is 3.59. The van der Waals surface area contributed by atoms with E-state index < -0.39 is 46.2 Å². The molecule has 240 valence electrons. The molecule has 19 heteroatoms. The van der Waals surface area contributed by atoms with E-state index in [0.29, 0.717) is 5.65 Å². The highest BCUT2D eigenvalue weighted by atomic mass is 35.6. The van der Waals surface area contributed by atoms with E-state index in [9.17, 15) is 19.2 Å². The standard InChI is InChI=1S/C26H25Cl3F2N8O6/c27-26(28,29)14-44-24(42)34-9-16-12-39(25(43)45-16)15-7-17(30)22(18(31)8-15)37-5-3-36(4-6-37)21(40)11-33-23(41)19-13-38-2-1-32-10-20(38)35-19/h1-2,7-8,10,13,16H,3-6,9,11-12,14H2,(H,33,41)(H,34,42)/t16-/m0/s1. The number of aromatic nitrogens is 3. The number of piperazine rings is 1. The van der Waals surface area contributed by atoms with Gasteiger partial charge in [0.25, 0.3) is 5.91 Å². The molecule has 1 atom stereocenters. The van der Waals surface area contributed by atoms with E-state index in [4.69, 9.17) is 44.3 Å². The lowest BCUT2D eigenvalue weighted by Crippen LogP contribution is -2.51. The van der Waals surface area contributed by atoms with Crippen LogP contribution in [0.5, 0.6) is 0 Å². The first-order valence-corrected chi connectivity index (χ1v) is 14.6. The van der Waals surface area contributed by atoms with Crippen LogP contribution in [0.15, 0.2) is 36.9 Å². The second kappa shape index (κ2) is 13.5. The molecule has 2 aliphatic rings. The molecule has 0 unspecified atom stereocenters. The molecule has 4 heterocycles. The highest BCUT2D eigenvalue weighted by Gasteiger charge is 2.35. The number of nitrogens with one attached hydrogen (secondary N) is 2. The van der Waals surface area contributed by atoms with E-state index in [1.165, 1.54) is 22.2 Å². The third kappa shape index (κ3) is 7.93. The van der Waals surface area contributed by atoms with Crippen molar-refractivity contribution >= 4 is 75.8 Å². The minimum atomic E-state index is -1.80. The molecule has 14 nitrogen and oxygen atoms in total. The van der Waals surface area contributed by atoms with Crippen LogP contribution in [0.2, 0.25) is 0 Å². The summed E-state index contributed by atoms with van der Waals surface area (Å²) >= 11 is 16.6. The minimum absolute atomic E-state index is 0.0774. The van der Waals surface area contributed by atoms with Crippen LogP contribution in [-0.4, -0.2) is 106 Å². The van der Waals surface area contributed by atoms with Crippen LogP contribution in [-0.2, 0) is 14.3 Å². The van der Waals surface area contributed by atoms with Crippen LogP contribution in [0.4, 0.5) is 29.7 Å². The fourth-order valence-corrected chi connectivity index (χ4v) is 4.90. The van der Waals surface area contributed by atoms with Crippen LogP contribution in [0.25, 0.3) is 5.65 Å². The van der Waals surface area contributed by atoms with Crippen LogP contribution in [0.1, 0.15) is 10.5 Å². The summed E-state index contributed by atoms with van der Waals surface area (Å²) in [6.45, 7) is -0.472. The molecule has 2 saturated heterocycles. The van der Waals surface area contributed by atoms with Crippen molar-refractivity contribution in [3.8, 4) is 0 Å². The number of hydrogen-bond acceptors (Lipinski definition) is 9. The first kappa shape index (κ1) is 32.2. The second-order valence-corrected chi connectivity index (χ2v) is 12.5. The maximum Gasteiger partial charge on any atom is 0.414 e. The zero-order chi connectivity index (χ0) is 32.3. The van der Waals surface area contributed by atoms with Crippen molar-refractivity contribution in [2.24, 2.45) is 0 Å². The van der Waals surface area contributed by atoms with Crippen molar-refractivity contribution in [2.75, 3.05) is 62.2 Å². The normalized spacial score (nSPS) is 17.0. The molecule has 2 fully saturated rings. The van der Waals surface area contributed by atoms with Gasteiger partial charge < -0.3 is 34.3 Å². The maximum absolute atomic E-state index is 15.2. The zero-order valence-electron chi connectivity index (χ0n) is 23.2. The quantitative estimate of drug-likeness (QED) is 0.340. The fourth-order valence-electron chi connectivity index (χ4n) is 4.73. The summed E-state index contributed by atoms with van der Waals surface area (Å²) in [5, 5.41) is 4.89. The number of ether oxygens (including phenoxy) is 2. The third-order valence-corrected chi connectivity index (χ3v) is 7.20. The fraction of sp³-hybridized carbons (Fsp3) is 0.385. The summed E-state index contributed by atoms with van der Waals surface area (Å²) in [5.74, 6) is -2.72. The predicted octanol–water partition coefficient (Wildman–Crippen LogP) is 2.51. The van der Waals surface area contributed by atoms with Crippen molar-refractivity contribution < 1.29 is 37.4 Å². The number of amides is 4. The molecule has 2 aromatic heterocycles. The van der Waals surface area contributed by atoms with E-state index >= 15 is 8.78 Å². The second-order valence-electron chi connectivity index (χ2n) is 9.97. The number of rotatable bonds is 8. The van der Waals surface area contributed by atoms with Crippen LogP contribution >= 0.6 is 34.8 Å². The van der Waals surface area contributed by atoms with Gasteiger partial charge in [0.15, 0.2) is 17.3 Å². The first-order chi connectivity index (χ1) is 21.4. The Morgan fingerprint density at radius 3 is 2.47 bits per heavy atom. The summed E-state index contributed by atoms with van der Waals surface area (Å²) in [5.41, 5.74) is 0.228. The lowest BCUT2D eigenvalue weighted by atomic mass is 10.2. The van der Waals surface area contributed by atoms with E-state index in [1.54, 1.807) is 16.8 Å². The Morgan fingerprint density at radius 1 is 1.09 bits per heavy atom. The van der Waals surface area contributed by atoms with Gasteiger partial charge in [-0.2, -0.15) is 0 Å². The summed E-state index contributed by atoms with van der Waals surface area (Å²) in [6, 6.07) is 2.01. The molecule has 0 bridgehead atoms. The maximum atomic E-state index is 15.2. The molecule has 2 N–H and O–H groups in total. The SMILES string of the molecule is O=C(NC[C@H]1CN(c2cc(F)c(N3CCN(C(=O)CNC(=O)c4cn5ccncc5n4)CC3)c(F)c2)C(=O)O1)OCC(Cl)(Cl)Cl. The molecule has 2 aliphatic heterocycles. The van der Waals surface area contributed by atoms with Crippen molar-refractivity contribution in [3.05, 3.63) is 54.2 Å². The van der Waals surface area contributed by atoms with Gasteiger partial charge in [0.05, 0.1) is 31.5 Å². The third-order valence-electron chi connectivity index (χ3n) is 6.87. The van der Waals surface area contributed by atoms with Crippen molar-refractivity contribution in [1.82, 2.24) is 29.9 Å². The van der Waals surface area contributed by atoms with Gasteiger partial charge in [-0.15, -0.1) is 0 Å². The molecular weight excluding hydrogens is 665 g/mol. The van der Waals surface area contributed by atoms with Gasteiger partial charge in [0.2, 0.25) is 9.70 Å². The van der Waals surface area contributed by atoms with Gasteiger partial charge >= 0.3 is 12.2 Å². The number of benzene rings is 1. The van der Waals surface area contributed by atoms with Crippen LogP contribution in [0.3, 0.4) is 0 Å². The summed E-state index contributed by atoms with van der Waals surface area (Å²) in [4.78, 5) is 61.4. The number of alkyl halides is 3. The Morgan fingerprint density at radius 2 is 1.80 bits per heavy atom. The number of imidazole rings is 1. The number of hydrogen-bond donors (Lipinski definition) is 2. The molecule has 0 spiro atoms. The predicted molar refractivity (Wildman–Crippen MR) is 158 cm³/mol. The van der Waals surface area contributed by atoms with Crippen LogP contribution in [0, 0.1) is 11.6 Å². The van der Waals surface area contributed by atoms with E-state index in [2.05, 4.69) is 20.6 Å². The van der Waals surface area contributed by atoms with Gasteiger partial charge in [0, 0.05) is 56.9 Å². The molecule has 1 aromatic carbocycles. The molecule has 0 aliphatic carbocycles. The topological polar surface area (TPSA) is 151 Å². The van der Waals surface area contributed by atoms with Gasteiger partial charge in [0.1, 0.15) is 24.1 Å². The molecule has 0 saturated carbocycles. The Labute approximate surface area is 269 Å². The van der Waals surface area contributed by atoms with Crippen LogP contribution < -0.4 is 20.4 Å². The molecule has 45 heavy (non-hydrogen) atoms. The van der Waals surface area contributed by atoms with Gasteiger partial charge in [-0.05, 0) is 0 Å². The number of halogens is 5.